The first kappa shape index (κ1) is 13.7. The third kappa shape index (κ3) is 2.98. The summed E-state index contributed by atoms with van der Waals surface area (Å²) < 4.78 is 0. The summed E-state index contributed by atoms with van der Waals surface area (Å²) in [4.78, 5) is 24.3. The molecule has 19 heavy (non-hydrogen) atoms. The molecule has 102 valence electrons. The Morgan fingerprint density at radius 2 is 1.95 bits per heavy atom. The van der Waals surface area contributed by atoms with Crippen LogP contribution in [0.4, 0.5) is 5.69 Å². The summed E-state index contributed by atoms with van der Waals surface area (Å²) >= 11 is 5.95. The lowest BCUT2D eigenvalue weighted by Crippen LogP contribution is -2.37. The number of nitrogens with two attached hydrogens (primary N) is 1. The SMILES string of the molecule is NC(=O)c1ccc(Cl)cc1N1CCC(C(=O)O)CC1. The van der Waals surface area contributed by atoms with Crippen LogP contribution in [0.25, 0.3) is 0 Å². The van der Waals surface area contributed by atoms with E-state index in [-0.39, 0.29) is 5.92 Å². The lowest BCUT2D eigenvalue weighted by Gasteiger charge is -2.33. The number of carboxylic acid groups (broad SMARTS) is 1. The minimum absolute atomic E-state index is 0.313. The maximum atomic E-state index is 11.4. The Hall–Kier alpha value is -1.75. The number of carboxylic acids is 1. The van der Waals surface area contributed by atoms with Crippen LogP contribution in [0.3, 0.4) is 0 Å². The van der Waals surface area contributed by atoms with Gasteiger partial charge in [-0.25, -0.2) is 0 Å². The minimum Gasteiger partial charge on any atom is -0.481 e. The summed E-state index contributed by atoms with van der Waals surface area (Å²) in [5.41, 5.74) is 6.44. The van der Waals surface area contributed by atoms with E-state index >= 15 is 0 Å². The minimum atomic E-state index is -0.763. The van der Waals surface area contributed by atoms with Gasteiger partial charge >= 0.3 is 5.97 Å². The van der Waals surface area contributed by atoms with Gasteiger partial charge in [-0.15, -0.1) is 0 Å². The van der Waals surface area contributed by atoms with E-state index in [0.29, 0.717) is 42.2 Å². The summed E-state index contributed by atoms with van der Waals surface area (Å²) in [7, 11) is 0. The average Bonchev–Trinajstić information content (AvgIpc) is 2.38. The number of nitrogens with zero attached hydrogens (tertiary/aromatic N) is 1. The Labute approximate surface area is 116 Å². The van der Waals surface area contributed by atoms with E-state index in [9.17, 15) is 9.59 Å². The van der Waals surface area contributed by atoms with Gasteiger partial charge in [0.25, 0.3) is 5.91 Å². The second-order valence-electron chi connectivity index (χ2n) is 4.63. The van der Waals surface area contributed by atoms with Crippen LogP contribution in [0.5, 0.6) is 0 Å². The maximum absolute atomic E-state index is 11.4. The first-order valence-electron chi connectivity index (χ1n) is 6.06. The molecule has 1 aromatic rings. The molecule has 1 aliphatic heterocycles. The van der Waals surface area contributed by atoms with Gasteiger partial charge in [0.1, 0.15) is 0 Å². The highest BCUT2D eigenvalue weighted by atomic mass is 35.5. The van der Waals surface area contributed by atoms with Gasteiger partial charge < -0.3 is 15.7 Å². The zero-order chi connectivity index (χ0) is 14.0. The fraction of sp³-hybridized carbons (Fsp3) is 0.385. The molecule has 3 N–H and O–H groups in total. The Kier molecular flexibility index (Phi) is 3.95. The van der Waals surface area contributed by atoms with Crippen LogP contribution in [0.2, 0.25) is 5.02 Å². The number of halogens is 1. The van der Waals surface area contributed by atoms with Gasteiger partial charge in [-0.05, 0) is 31.0 Å². The van der Waals surface area contributed by atoms with Crippen molar-refractivity contribution >= 4 is 29.2 Å². The molecule has 1 heterocycles. The Morgan fingerprint density at radius 3 is 2.47 bits per heavy atom. The van der Waals surface area contributed by atoms with Crippen LogP contribution >= 0.6 is 11.6 Å². The summed E-state index contributed by atoms with van der Waals surface area (Å²) in [5.74, 6) is -1.58. The van der Waals surface area contributed by atoms with E-state index in [1.165, 1.54) is 0 Å². The van der Waals surface area contributed by atoms with Gasteiger partial charge in [0.2, 0.25) is 0 Å². The van der Waals surface area contributed by atoms with E-state index in [4.69, 9.17) is 22.4 Å². The molecule has 6 heteroatoms. The number of hydrogen-bond acceptors (Lipinski definition) is 3. The van der Waals surface area contributed by atoms with Gasteiger partial charge in [0, 0.05) is 18.1 Å². The monoisotopic (exact) mass is 282 g/mol. The number of hydrogen-bond donors (Lipinski definition) is 2. The van der Waals surface area contributed by atoms with Gasteiger partial charge in [-0.2, -0.15) is 0 Å². The first-order chi connectivity index (χ1) is 8.99. The molecule has 1 aromatic carbocycles. The zero-order valence-electron chi connectivity index (χ0n) is 10.3. The molecule has 0 bridgehead atoms. The zero-order valence-corrected chi connectivity index (χ0v) is 11.1. The largest absolute Gasteiger partial charge is 0.481 e. The number of carbonyl (C=O) groups is 2. The highest BCUT2D eigenvalue weighted by molar-refractivity contribution is 6.31. The maximum Gasteiger partial charge on any atom is 0.306 e. The lowest BCUT2D eigenvalue weighted by molar-refractivity contribution is -0.142. The molecule has 2 rings (SSSR count). The van der Waals surface area contributed by atoms with Crippen molar-refractivity contribution in [3.8, 4) is 0 Å². The molecular weight excluding hydrogens is 268 g/mol. The van der Waals surface area contributed by atoms with Gasteiger partial charge in [0.15, 0.2) is 0 Å². The molecule has 0 saturated carbocycles. The van der Waals surface area contributed by atoms with Gasteiger partial charge in [0.05, 0.1) is 17.2 Å². The van der Waals surface area contributed by atoms with Crippen molar-refractivity contribution in [2.24, 2.45) is 11.7 Å². The van der Waals surface area contributed by atoms with Crippen molar-refractivity contribution in [3.05, 3.63) is 28.8 Å². The lowest BCUT2D eigenvalue weighted by atomic mass is 9.96. The Balaban J connectivity index is 2.21. The summed E-state index contributed by atoms with van der Waals surface area (Å²) in [6.07, 6.45) is 1.11. The van der Waals surface area contributed by atoms with Crippen molar-refractivity contribution in [3.63, 3.8) is 0 Å². The predicted octanol–water partition coefficient (Wildman–Crippen LogP) is 1.74. The second-order valence-corrected chi connectivity index (χ2v) is 5.06. The number of rotatable bonds is 3. The molecule has 5 nitrogen and oxygen atoms in total. The number of aliphatic carboxylic acids is 1. The Morgan fingerprint density at radius 1 is 1.32 bits per heavy atom. The average molecular weight is 283 g/mol. The third-order valence-electron chi connectivity index (χ3n) is 3.41. The highest BCUT2D eigenvalue weighted by Crippen LogP contribution is 2.29. The number of carbonyl (C=O) groups excluding carboxylic acids is 1. The van der Waals surface area contributed by atoms with Crippen LogP contribution in [-0.2, 0) is 4.79 Å². The van der Waals surface area contributed by atoms with Crippen LogP contribution in [0.1, 0.15) is 23.2 Å². The van der Waals surface area contributed by atoms with Crippen molar-refractivity contribution in [2.45, 2.75) is 12.8 Å². The summed E-state index contributed by atoms with van der Waals surface area (Å²) in [6, 6.07) is 4.92. The summed E-state index contributed by atoms with van der Waals surface area (Å²) in [5, 5.41) is 9.50. The van der Waals surface area contributed by atoms with Crippen molar-refractivity contribution < 1.29 is 14.7 Å². The van der Waals surface area contributed by atoms with Crippen molar-refractivity contribution in [1.29, 1.82) is 0 Å². The van der Waals surface area contributed by atoms with Crippen LogP contribution in [0.15, 0.2) is 18.2 Å². The molecule has 1 fully saturated rings. The number of primary amides is 1. The normalized spacial score (nSPS) is 16.4. The van der Waals surface area contributed by atoms with E-state index in [2.05, 4.69) is 0 Å². The molecule has 0 unspecified atom stereocenters. The van der Waals surface area contributed by atoms with Crippen molar-refractivity contribution in [1.82, 2.24) is 0 Å². The van der Waals surface area contributed by atoms with E-state index in [1.807, 2.05) is 4.90 Å². The van der Waals surface area contributed by atoms with Crippen molar-refractivity contribution in [2.75, 3.05) is 18.0 Å². The number of benzene rings is 1. The van der Waals surface area contributed by atoms with Crippen LogP contribution in [0, 0.1) is 5.92 Å². The molecule has 1 amide bonds. The molecule has 0 aliphatic carbocycles. The predicted molar refractivity (Wildman–Crippen MR) is 72.5 cm³/mol. The Bertz CT molecular complexity index is 511. The number of amides is 1. The van der Waals surface area contributed by atoms with Crippen LogP contribution in [-0.4, -0.2) is 30.1 Å². The van der Waals surface area contributed by atoms with E-state index < -0.39 is 11.9 Å². The standard InChI is InChI=1S/C13H15ClN2O3/c14-9-1-2-10(12(15)17)11(7-9)16-5-3-8(4-6-16)13(18)19/h1-2,7-8H,3-6H2,(H2,15,17)(H,18,19). The molecule has 0 aromatic heterocycles. The quantitative estimate of drug-likeness (QED) is 0.884. The van der Waals surface area contributed by atoms with E-state index in [0.717, 1.165) is 0 Å². The fourth-order valence-electron chi connectivity index (χ4n) is 2.34. The molecule has 0 radical (unpaired) electrons. The molecule has 1 saturated heterocycles. The third-order valence-corrected chi connectivity index (χ3v) is 3.65. The molecular formula is C13H15ClN2O3. The number of piperidine rings is 1. The summed E-state index contributed by atoms with van der Waals surface area (Å²) in [6.45, 7) is 1.16. The van der Waals surface area contributed by atoms with E-state index in [1.54, 1.807) is 18.2 Å². The number of anilines is 1. The first-order valence-corrected chi connectivity index (χ1v) is 6.44. The smallest absolute Gasteiger partial charge is 0.306 e. The molecule has 0 spiro atoms. The molecule has 1 aliphatic rings. The van der Waals surface area contributed by atoms with Gasteiger partial charge in [-0.3, -0.25) is 9.59 Å². The molecule has 0 atom stereocenters. The highest BCUT2D eigenvalue weighted by Gasteiger charge is 2.26. The second kappa shape index (κ2) is 5.48. The van der Waals surface area contributed by atoms with Gasteiger partial charge in [-0.1, -0.05) is 11.6 Å². The topological polar surface area (TPSA) is 83.6 Å². The fourth-order valence-corrected chi connectivity index (χ4v) is 2.51. The van der Waals surface area contributed by atoms with Crippen LogP contribution < -0.4 is 10.6 Å².